The predicted octanol–water partition coefficient (Wildman–Crippen LogP) is 2.10. The van der Waals surface area contributed by atoms with E-state index in [1.54, 1.807) is 0 Å². The van der Waals surface area contributed by atoms with Crippen LogP contribution in [-0.4, -0.2) is 5.33 Å². The number of rotatable bonds is 8. The van der Waals surface area contributed by atoms with E-state index >= 15 is 0 Å². The van der Waals surface area contributed by atoms with Crippen LogP contribution in [0.4, 0.5) is 0 Å². The third-order valence-corrected chi connectivity index (χ3v) is 4.05. The zero-order chi connectivity index (χ0) is 14.8. The molecule has 0 N–H and O–H groups in total. The van der Waals surface area contributed by atoms with Gasteiger partial charge in [0.05, 0.1) is 0 Å². The second-order valence-corrected chi connectivity index (χ2v) is 6.01. The van der Waals surface area contributed by atoms with Gasteiger partial charge in [0, 0.05) is 23.9 Å². The van der Waals surface area contributed by atoms with Crippen molar-refractivity contribution in [2.24, 2.45) is 0 Å². The van der Waals surface area contributed by atoms with Gasteiger partial charge in [-0.05, 0) is 24.0 Å². The summed E-state index contributed by atoms with van der Waals surface area (Å²) in [5, 5.41) is 1.13. The zero-order valence-electron chi connectivity index (χ0n) is 12.8. The minimum absolute atomic E-state index is 0. The van der Waals surface area contributed by atoms with Crippen LogP contribution in [0, 0.1) is 0 Å². The molecule has 0 unspecified atom stereocenters. The van der Waals surface area contributed by atoms with Crippen molar-refractivity contribution in [1.29, 1.82) is 0 Å². The van der Waals surface area contributed by atoms with Gasteiger partial charge in [-0.25, -0.2) is 4.57 Å². The van der Waals surface area contributed by atoms with Crippen molar-refractivity contribution in [2.75, 3.05) is 5.33 Å². The van der Waals surface area contributed by atoms with E-state index < -0.39 is 0 Å². The molecule has 0 amide bonds. The van der Waals surface area contributed by atoms with Crippen molar-refractivity contribution in [1.82, 2.24) is 0 Å². The maximum Gasteiger partial charge on any atom is 0.169 e. The monoisotopic (exact) mass is 423 g/mol. The van der Waals surface area contributed by atoms with Crippen molar-refractivity contribution in [2.45, 2.75) is 32.2 Å². The molecule has 22 heavy (non-hydrogen) atoms. The van der Waals surface area contributed by atoms with E-state index in [2.05, 4.69) is 81.4 Å². The lowest BCUT2D eigenvalue weighted by Crippen LogP contribution is -3.00. The smallest absolute Gasteiger partial charge is 0.169 e. The van der Waals surface area contributed by atoms with E-state index in [0.717, 1.165) is 11.9 Å². The standard InChI is InChI=1S/C19H23BrN.BrH/c20-14-6-1-2-7-15-21-16-12-19(13-17-21)11-10-18-8-4-3-5-9-18;/h3-5,8-13,16-17H,1-2,6-7,14-15H2;1H/q+1;/p-1. The SMILES string of the molecule is BrCCCCCC[n+]1ccc(C=Cc2ccccc2)cc1.[Br-]. The van der Waals surface area contributed by atoms with Crippen LogP contribution in [0.15, 0.2) is 54.9 Å². The molecule has 0 radical (unpaired) electrons. The van der Waals surface area contributed by atoms with Gasteiger partial charge in [0.15, 0.2) is 12.4 Å². The highest BCUT2D eigenvalue weighted by molar-refractivity contribution is 9.09. The normalized spacial score (nSPS) is 10.6. The first-order chi connectivity index (χ1) is 10.4. The zero-order valence-corrected chi connectivity index (χ0v) is 16.0. The maximum atomic E-state index is 3.47. The molecule has 0 saturated carbocycles. The number of hydrogen-bond acceptors (Lipinski definition) is 0. The Hall–Kier alpha value is -0.930. The lowest BCUT2D eigenvalue weighted by Gasteiger charge is -1.98. The van der Waals surface area contributed by atoms with Crippen LogP contribution in [0.3, 0.4) is 0 Å². The van der Waals surface area contributed by atoms with E-state index in [4.69, 9.17) is 0 Å². The van der Waals surface area contributed by atoms with Gasteiger partial charge < -0.3 is 17.0 Å². The summed E-state index contributed by atoms with van der Waals surface area (Å²) in [6, 6.07) is 14.8. The number of pyridine rings is 1. The molecule has 1 aromatic carbocycles. The molecule has 1 aromatic heterocycles. The van der Waals surface area contributed by atoms with Gasteiger partial charge in [-0.1, -0.05) is 64.8 Å². The van der Waals surface area contributed by atoms with Gasteiger partial charge in [0.25, 0.3) is 0 Å². The van der Waals surface area contributed by atoms with E-state index in [0.29, 0.717) is 0 Å². The van der Waals surface area contributed by atoms with E-state index in [1.807, 2.05) is 6.07 Å². The maximum absolute atomic E-state index is 3.47. The Balaban J connectivity index is 0.00000242. The molecule has 0 aliphatic carbocycles. The summed E-state index contributed by atoms with van der Waals surface area (Å²) in [6.45, 7) is 1.12. The number of hydrogen-bond donors (Lipinski definition) is 0. The number of alkyl halides is 1. The molecule has 0 aliphatic heterocycles. The van der Waals surface area contributed by atoms with Crippen LogP contribution < -0.4 is 21.5 Å². The Morgan fingerprint density at radius 3 is 2.00 bits per heavy atom. The molecule has 0 fully saturated rings. The van der Waals surface area contributed by atoms with Crippen molar-refractivity contribution in [3.8, 4) is 0 Å². The van der Waals surface area contributed by atoms with Gasteiger partial charge in [0.2, 0.25) is 0 Å². The molecule has 1 heterocycles. The lowest BCUT2D eigenvalue weighted by molar-refractivity contribution is -0.697. The van der Waals surface area contributed by atoms with Crippen molar-refractivity contribution in [3.05, 3.63) is 66.0 Å². The molecule has 0 bridgehead atoms. The van der Waals surface area contributed by atoms with Crippen LogP contribution in [0.5, 0.6) is 0 Å². The molecular formula is C19H23Br2N. The molecule has 0 saturated heterocycles. The highest BCUT2D eigenvalue weighted by atomic mass is 79.9. The number of nitrogens with zero attached hydrogens (tertiary/aromatic N) is 1. The third kappa shape index (κ3) is 7.37. The Kier molecular flexibility index (Phi) is 10.1. The highest BCUT2D eigenvalue weighted by Crippen LogP contribution is 2.06. The molecule has 2 rings (SSSR count). The average Bonchev–Trinajstić information content (AvgIpc) is 2.55. The summed E-state index contributed by atoms with van der Waals surface area (Å²) in [5.41, 5.74) is 2.48. The average molecular weight is 425 g/mol. The molecule has 2 aromatic rings. The van der Waals surface area contributed by atoms with Crippen LogP contribution in [0.1, 0.15) is 36.8 Å². The number of aryl methyl sites for hydroxylation is 1. The second-order valence-electron chi connectivity index (χ2n) is 5.22. The van der Waals surface area contributed by atoms with Gasteiger partial charge in [0.1, 0.15) is 6.54 Å². The lowest BCUT2D eigenvalue weighted by atomic mass is 10.1. The largest absolute Gasteiger partial charge is 1.00 e. The number of unbranched alkanes of at least 4 members (excludes halogenated alkanes) is 3. The number of benzene rings is 1. The van der Waals surface area contributed by atoms with Crippen molar-refractivity contribution < 1.29 is 21.5 Å². The fraction of sp³-hybridized carbons (Fsp3) is 0.316. The topological polar surface area (TPSA) is 3.88 Å². The summed E-state index contributed by atoms with van der Waals surface area (Å²) < 4.78 is 2.27. The highest BCUT2D eigenvalue weighted by Gasteiger charge is 1.99. The van der Waals surface area contributed by atoms with Crippen molar-refractivity contribution >= 4 is 28.1 Å². The first-order valence-corrected chi connectivity index (χ1v) is 8.79. The second kappa shape index (κ2) is 11.6. The first kappa shape index (κ1) is 19.1. The minimum atomic E-state index is 0. The molecule has 118 valence electrons. The quantitative estimate of drug-likeness (QED) is 0.347. The van der Waals surface area contributed by atoms with E-state index in [-0.39, 0.29) is 17.0 Å². The molecule has 0 spiro atoms. The molecular weight excluding hydrogens is 402 g/mol. The molecule has 3 heteroatoms. The molecule has 1 nitrogen and oxygen atoms in total. The third-order valence-electron chi connectivity index (χ3n) is 3.48. The summed E-state index contributed by atoms with van der Waals surface area (Å²) in [5.74, 6) is 0. The minimum Gasteiger partial charge on any atom is -1.00 e. The summed E-state index contributed by atoms with van der Waals surface area (Å²) >= 11 is 3.47. The van der Waals surface area contributed by atoms with E-state index in [1.165, 1.54) is 36.8 Å². The molecule has 0 aliphatic rings. The Bertz CT molecular complexity index is 535. The Labute approximate surface area is 153 Å². The first-order valence-electron chi connectivity index (χ1n) is 7.67. The van der Waals surface area contributed by atoms with Gasteiger partial charge in [-0.3, -0.25) is 0 Å². The fourth-order valence-electron chi connectivity index (χ4n) is 2.23. The van der Waals surface area contributed by atoms with Crippen molar-refractivity contribution in [3.63, 3.8) is 0 Å². The van der Waals surface area contributed by atoms with Crippen LogP contribution in [-0.2, 0) is 6.54 Å². The van der Waals surface area contributed by atoms with Gasteiger partial charge in [-0.15, -0.1) is 0 Å². The fourth-order valence-corrected chi connectivity index (χ4v) is 2.62. The Morgan fingerprint density at radius 1 is 0.773 bits per heavy atom. The van der Waals surface area contributed by atoms with E-state index in [9.17, 15) is 0 Å². The predicted molar refractivity (Wildman–Crippen MR) is 94.3 cm³/mol. The van der Waals surface area contributed by atoms with Crippen LogP contribution >= 0.6 is 15.9 Å². The number of halogens is 2. The van der Waals surface area contributed by atoms with Gasteiger partial charge >= 0.3 is 0 Å². The summed E-state index contributed by atoms with van der Waals surface area (Å²) in [4.78, 5) is 0. The number of aromatic nitrogens is 1. The molecule has 0 atom stereocenters. The van der Waals surface area contributed by atoms with Gasteiger partial charge in [-0.2, -0.15) is 0 Å². The summed E-state index contributed by atoms with van der Waals surface area (Å²) in [6.07, 6.45) is 13.8. The summed E-state index contributed by atoms with van der Waals surface area (Å²) in [7, 11) is 0. The van der Waals surface area contributed by atoms with Crippen LogP contribution in [0.25, 0.3) is 12.2 Å². The van der Waals surface area contributed by atoms with Crippen LogP contribution in [0.2, 0.25) is 0 Å². The Morgan fingerprint density at radius 2 is 1.36 bits per heavy atom.